The van der Waals surface area contributed by atoms with Crippen molar-refractivity contribution in [2.45, 2.75) is 45.6 Å². The standard InChI is InChI=1S/C15H22N2O3/c1-15(2)10-5-4-9-13(15)16-11-7-6-8-12(20-3)14(11)17(18)19/h6-8,13,16H,4-5,9-10H2,1-3H3. The molecule has 2 rings (SSSR count). The number of benzene rings is 1. The van der Waals surface area contributed by atoms with Gasteiger partial charge in [-0.05, 0) is 30.4 Å². The minimum atomic E-state index is -0.378. The molecule has 1 aromatic carbocycles. The lowest BCUT2D eigenvalue weighted by Crippen LogP contribution is -2.39. The van der Waals surface area contributed by atoms with Gasteiger partial charge in [0.05, 0.1) is 12.0 Å². The van der Waals surface area contributed by atoms with Crippen molar-refractivity contribution >= 4 is 11.4 Å². The third kappa shape index (κ3) is 2.86. The second kappa shape index (κ2) is 5.69. The minimum Gasteiger partial charge on any atom is -0.490 e. The number of nitrogens with zero attached hydrogens (tertiary/aromatic N) is 1. The van der Waals surface area contributed by atoms with E-state index in [1.807, 2.05) is 0 Å². The Balaban J connectivity index is 2.31. The summed E-state index contributed by atoms with van der Waals surface area (Å²) >= 11 is 0. The molecule has 1 aliphatic rings. The first-order valence-corrected chi connectivity index (χ1v) is 7.03. The summed E-state index contributed by atoms with van der Waals surface area (Å²) < 4.78 is 5.11. The third-order valence-electron chi connectivity index (χ3n) is 4.24. The SMILES string of the molecule is COc1cccc(NC2CCCCC2(C)C)c1[N+](=O)[O-]. The van der Waals surface area contributed by atoms with Crippen LogP contribution in [0.15, 0.2) is 18.2 Å². The molecule has 110 valence electrons. The fourth-order valence-corrected chi connectivity index (χ4v) is 2.94. The van der Waals surface area contributed by atoms with E-state index in [0.717, 1.165) is 12.8 Å². The minimum absolute atomic E-state index is 0.0244. The van der Waals surface area contributed by atoms with E-state index in [1.165, 1.54) is 20.0 Å². The van der Waals surface area contributed by atoms with Crippen molar-refractivity contribution in [3.05, 3.63) is 28.3 Å². The summed E-state index contributed by atoms with van der Waals surface area (Å²) in [6, 6.07) is 5.41. The molecule has 20 heavy (non-hydrogen) atoms. The molecule has 1 atom stereocenters. The zero-order valence-corrected chi connectivity index (χ0v) is 12.3. The van der Waals surface area contributed by atoms with E-state index in [2.05, 4.69) is 19.2 Å². The highest BCUT2D eigenvalue weighted by atomic mass is 16.6. The van der Waals surface area contributed by atoms with Gasteiger partial charge < -0.3 is 10.1 Å². The zero-order valence-electron chi connectivity index (χ0n) is 12.3. The number of anilines is 1. The largest absolute Gasteiger partial charge is 0.490 e. The highest BCUT2D eigenvalue weighted by molar-refractivity contribution is 5.68. The number of methoxy groups -OCH3 is 1. The normalized spacial score (nSPS) is 21.2. The van der Waals surface area contributed by atoms with E-state index in [4.69, 9.17) is 4.74 Å². The Hall–Kier alpha value is -1.78. The summed E-state index contributed by atoms with van der Waals surface area (Å²) in [5.41, 5.74) is 0.723. The van der Waals surface area contributed by atoms with Gasteiger partial charge in [0.25, 0.3) is 0 Å². The molecule has 0 bridgehead atoms. The number of hydrogen-bond acceptors (Lipinski definition) is 4. The van der Waals surface area contributed by atoms with Crippen LogP contribution in [-0.2, 0) is 0 Å². The molecule has 1 unspecified atom stereocenters. The molecule has 1 N–H and O–H groups in total. The lowest BCUT2D eigenvalue weighted by Gasteiger charge is -2.39. The van der Waals surface area contributed by atoms with Gasteiger partial charge in [-0.25, -0.2) is 0 Å². The number of para-hydroxylation sites is 1. The maximum absolute atomic E-state index is 11.3. The Morgan fingerprint density at radius 1 is 1.40 bits per heavy atom. The predicted molar refractivity (Wildman–Crippen MR) is 79.3 cm³/mol. The van der Waals surface area contributed by atoms with Gasteiger partial charge in [-0.3, -0.25) is 10.1 Å². The number of nitrogens with one attached hydrogen (secondary N) is 1. The van der Waals surface area contributed by atoms with E-state index in [-0.39, 0.29) is 22.1 Å². The van der Waals surface area contributed by atoms with Crippen molar-refractivity contribution in [1.29, 1.82) is 0 Å². The van der Waals surface area contributed by atoms with Crippen LogP contribution in [0.3, 0.4) is 0 Å². The summed E-state index contributed by atoms with van der Waals surface area (Å²) in [5, 5.41) is 14.7. The summed E-state index contributed by atoms with van der Waals surface area (Å²) in [7, 11) is 1.46. The fourth-order valence-electron chi connectivity index (χ4n) is 2.94. The van der Waals surface area contributed by atoms with Crippen molar-refractivity contribution < 1.29 is 9.66 Å². The van der Waals surface area contributed by atoms with Crippen molar-refractivity contribution in [2.75, 3.05) is 12.4 Å². The average Bonchev–Trinajstić information content (AvgIpc) is 2.40. The van der Waals surface area contributed by atoms with Crippen LogP contribution in [0.4, 0.5) is 11.4 Å². The smallest absolute Gasteiger partial charge is 0.333 e. The first-order chi connectivity index (χ1) is 9.45. The molecule has 0 aromatic heterocycles. The van der Waals surface area contributed by atoms with Crippen LogP contribution in [0.2, 0.25) is 0 Å². The maximum Gasteiger partial charge on any atom is 0.333 e. The topological polar surface area (TPSA) is 64.4 Å². The fraction of sp³-hybridized carbons (Fsp3) is 0.600. The molecule has 0 aliphatic heterocycles. The molecule has 0 spiro atoms. The lowest BCUT2D eigenvalue weighted by atomic mass is 9.73. The molecule has 1 saturated carbocycles. The Morgan fingerprint density at radius 2 is 2.15 bits per heavy atom. The van der Waals surface area contributed by atoms with Crippen LogP contribution in [0.1, 0.15) is 39.5 Å². The number of ether oxygens (including phenoxy) is 1. The van der Waals surface area contributed by atoms with Crippen molar-refractivity contribution in [1.82, 2.24) is 0 Å². The van der Waals surface area contributed by atoms with Crippen molar-refractivity contribution in [2.24, 2.45) is 5.41 Å². The Bertz CT molecular complexity index is 500. The maximum atomic E-state index is 11.3. The molecule has 0 amide bonds. The van der Waals surface area contributed by atoms with Crippen molar-refractivity contribution in [3.8, 4) is 5.75 Å². The molecule has 0 saturated heterocycles. The molecule has 0 radical (unpaired) electrons. The van der Waals surface area contributed by atoms with Crippen LogP contribution >= 0.6 is 0 Å². The number of nitro benzene ring substituents is 1. The average molecular weight is 278 g/mol. The summed E-state index contributed by atoms with van der Waals surface area (Å²) in [5.74, 6) is 0.300. The van der Waals surface area contributed by atoms with E-state index in [0.29, 0.717) is 11.4 Å². The van der Waals surface area contributed by atoms with Crippen LogP contribution in [0, 0.1) is 15.5 Å². The van der Waals surface area contributed by atoms with Gasteiger partial charge in [-0.15, -0.1) is 0 Å². The van der Waals surface area contributed by atoms with Gasteiger partial charge in [0.1, 0.15) is 5.69 Å². The predicted octanol–water partition coefficient (Wildman–Crippen LogP) is 3.98. The van der Waals surface area contributed by atoms with Crippen LogP contribution in [0.5, 0.6) is 5.75 Å². The Morgan fingerprint density at radius 3 is 2.75 bits per heavy atom. The van der Waals surface area contributed by atoms with Crippen LogP contribution < -0.4 is 10.1 Å². The Kier molecular flexibility index (Phi) is 4.16. The molecule has 0 heterocycles. The molecular weight excluding hydrogens is 256 g/mol. The van der Waals surface area contributed by atoms with Gasteiger partial charge in [0.15, 0.2) is 5.75 Å². The second-order valence-electron chi connectivity index (χ2n) is 6.04. The number of rotatable bonds is 4. The van der Waals surface area contributed by atoms with E-state index < -0.39 is 0 Å². The first-order valence-electron chi connectivity index (χ1n) is 7.03. The first kappa shape index (κ1) is 14.6. The summed E-state index contributed by atoms with van der Waals surface area (Å²) in [6.07, 6.45) is 4.58. The molecular formula is C15H22N2O3. The zero-order chi connectivity index (χ0) is 14.8. The Labute approximate surface area is 119 Å². The number of nitro groups is 1. The van der Waals surface area contributed by atoms with E-state index in [9.17, 15) is 10.1 Å². The molecule has 5 heteroatoms. The highest BCUT2D eigenvalue weighted by Gasteiger charge is 2.33. The monoisotopic (exact) mass is 278 g/mol. The second-order valence-corrected chi connectivity index (χ2v) is 6.04. The van der Waals surface area contributed by atoms with Gasteiger partial charge in [0, 0.05) is 6.04 Å². The van der Waals surface area contributed by atoms with E-state index >= 15 is 0 Å². The molecule has 1 aromatic rings. The molecule has 1 aliphatic carbocycles. The van der Waals surface area contributed by atoms with Gasteiger partial charge in [0.2, 0.25) is 0 Å². The molecule has 1 fully saturated rings. The quantitative estimate of drug-likeness (QED) is 0.668. The van der Waals surface area contributed by atoms with Gasteiger partial charge in [-0.2, -0.15) is 0 Å². The summed E-state index contributed by atoms with van der Waals surface area (Å²) in [4.78, 5) is 10.9. The third-order valence-corrected chi connectivity index (χ3v) is 4.24. The highest BCUT2D eigenvalue weighted by Crippen LogP contribution is 2.40. The van der Waals surface area contributed by atoms with Crippen LogP contribution in [-0.4, -0.2) is 18.1 Å². The lowest BCUT2D eigenvalue weighted by molar-refractivity contribution is -0.384. The molecule has 5 nitrogen and oxygen atoms in total. The number of hydrogen-bond donors (Lipinski definition) is 1. The van der Waals surface area contributed by atoms with Crippen molar-refractivity contribution in [3.63, 3.8) is 0 Å². The van der Waals surface area contributed by atoms with Crippen LogP contribution in [0.25, 0.3) is 0 Å². The summed E-state index contributed by atoms with van der Waals surface area (Å²) in [6.45, 7) is 4.44. The van der Waals surface area contributed by atoms with Gasteiger partial charge >= 0.3 is 5.69 Å². The van der Waals surface area contributed by atoms with Gasteiger partial charge in [-0.1, -0.05) is 32.8 Å². The van der Waals surface area contributed by atoms with E-state index in [1.54, 1.807) is 18.2 Å².